The largest absolute Gasteiger partial charge is 0.394 e. The number of nitrogens with zero attached hydrogens (tertiary/aromatic N) is 3. The van der Waals surface area contributed by atoms with E-state index < -0.39 is 6.04 Å². The zero-order chi connectivity index (χ0) is 13.1. The summed E-state index contributed by atoms with van der Waals surface area (Å²) in [6, 6.07) is 3.60. The lowest BCUT2D eigenvalue weighted by atomic mass is 10.1. The van der Waals surface area contributed by atoms with Gasteiger partial charge in [-0.2, -0.15) is 0 Å². The van der Waals surface area contributed by atoms with Crippen molar-refractivity contribution in [2.75, 3.05) is 20.2 Å². The lowest BCUT2D eigenvalue weighted by Gasteiger charge is -2.42. The third-order valence-corrected chi connectivity index (χ3v) is 3.54. The zero-order valence-corrected chi connectivity index (χ0v) is 10.8. The third-order valence-electron chi connectivity index (χ3n) is 3.54. The molecule has 1 aromatic heterocycles. The molecule has 0 radical (unpaired) electrons. The smallest absolute Gasteiger partial charge is 0.242 e. The molecule has 1 N–H and O–H groups in total. The van der Waals surface area contributed by atoms with Crippen LogP contribution in [0.25, 0.3) is 0 Å². The molecule has 1 aliphatic heterocycles. The molecule has 1 fully saturated rings. The number of amides is 1. The van der Waals surface area contributed by atoms with E-state index in [-0.39, 0.29) is 18.6 Å². The molecule has 5 heteroatoms. The Labute approximate surface area is 107 Å². The van der Waals surface area contributed by atoms with E-state index in [9.17, 15) is 9.90 Å². The highest BCUT2D eigenvalue weighted by Gasteiger charge is 2.35. The lowest BCUT2D eigenvalue weighted by molar-refractivity contribution is -0.145. The highest BCUT2D eigenvalue weighted by molar-refractivity contribution is 5.82. The highest BCUT2D eigenvalue weighted by Crippen LogP contribution is 2.17. The Bertz CT molecular complexity index is 410. The second-order valence-corrected chi connectivity index (χ2v) is 4.78. The number of pyridine rings is 1. The van der Waals surface area contributed by atoms with Crippen LogP contribution in [0.15, 0.2) is 24.5 Å². The molecule has 0 aromatic carbocycles. The summed E-state index contributed by atoms with van der Waals surface area (Å²) in [6.07, 6.45) is 3.48. The molecule has 0 saturated carbocycles. The number of aromatic nitrogens is 1. The predicted molar refractivity (Wildman–Crippen MR) is 67.8 cm³/mol. The average Bonchev–Trinajstić information content (AvgIpc) is 2.38. The molecule has 5 nitrogen and oxygen atoms in total. The minimum Gasteiger partial charge on any atom is -0.394 e. The molecule has 2 rings (SSSR count). The van der Waals surface area contributed by atoms with Crippen molar-refractivity contribution < 1.29 is 9.90 Å². The maximum atomic E-state index is 12.1. The standard InChI is InChI=1S/C13H19N3O2/c1-10-7-16(8-11-3-5-14-6-4-11)12(9-17)13(18)15(10)2/h3-6,10,12,17H,7-9H2,1-2H3. The van der Waals surface area contributed by atoms with Crippen molar-refractivity contribution in [3.63, 3.8) is 0 Å². The maximum Gasteiger partial charge on any atom is 0.242 e. The Morgan fingerprint density at radius 1 is 1.44 bits per heavy atom. The molecule has 1 aliphatic rings. The van der Waals surface area contributed by atoms with Gasteiger partial charge in [0.05, 0.1) is 6.61 Å². The zero-order valence-electron chi connectivity index (χ0n) is 10.8. The van der Waals surface area contributed by atoms with E-state index >= 15 is 0 Å². The van der Waals surface area contributed by atoms with Gasteiger partial charge in [-0.15, -0.1) is 0 Å². The first-order chi connectivity index (χ1) is 8.63. The van der Waals surface area contributed by atoms with Crippen LogP contribution in [0.4, 0.5) is 0 Å². The SMILES string of the molecule is CC1CN(Cc2ccncc2)C(CO)C(=O)N1C. The molecule has 0 spiro atoms. The molecular formula is C13H19N3O2. The van der Waals surface area contributed by atoms with Crippen LogP contribution in [0.1, 0.15) is 12.5 Å². The minimum absolute atomic E-state index is 0.00898. The summed E-state index contributed by atoms with van der Waals surface area (Å²) in [6.45, 7) is 3.32. The fourth-order valence-corrected chi connectivity index (χ4v) is 2.29. The molecular weight excluding hydrogens is 230 g/mol. The number of rotatable bonds is 3. The molecule has 1 saturated heterocycles. The fraction of sp³-hybridized carbons (Fsp3) is 0.538. The molecule has 2 heterocycles. The van der Waals surface area contributed by atoms with Crippen LogP contribution < -0.4 is 0 Å². The topological polar surface area (TPSA) is 56.7 Å². The normalized spacial score (nSPS) is 25.5. The van der Waals surface area contributed by atoms with Crippen LogP contribution >= 0.6 is 0 Å². The summed E-state index contributed by atoms with van der Waals surface area (Å²) in [7, 11) is 1.79. The second-order valence-electron chi connectivity index (χ2n) is 4.78. The summed E-state index contributed by atoms with van der Waals surface area (Å²) in [4.78, 5) is 19.8. The van der Waals surface area contributed by atoms with Crippen LogP contribution in [-0.4, -0.2) is 58.1 Å². The van der Waals surface area contributed by atoms with Crippen LogP contribution in [0.5, 0.6) is 0 Å². The number of hydrogen-bond donors (Lipinski definition) is 1. The molecule has 0 bridgehead atoms. The first-order valence-electron chi connectivity index (χ1n) is 6.14. The summed E-state index contributed by atoms with van der Waals surface area (Å²) in [5, 5.41) is 9.41. The fourth-order valence-electron chi connectivity index (χ4n) is 2.29. The van der Waals surface area contributed by atoms with Crippen LogP contribution in [0.3, 0.4) is 0 Å². The molecule has 2 atom stereocenters. The van der Waals surface area contributed by atoms with Crippen molar-refractivity contribution in [2.45, 2.75) is 25.6 Å². The maximum absolute atomic E-state index is 12.1. The Balaban J connectivity index is 2.13. The Morgan fingerprint density at radius 3 is 2.72 bits per heavy atom. The quantitative estimate of drug-likeness (QED) is 0.826. The van der Waals surface area contributed by atoms with Gasteiger partial charge < -0.3 is 10.0 Å². The number of carbonyl (C=O) groups excluding carboxylic acids is 1. The van der Waals surface area contributed by atoms with E-state index in [0.29, 0.717) is 6.54 Å². The van der Waals surface area contributed by atoms with Crippen molar-refractivity contribution in [1.82, 2.24) is 14.8 Å². The number of aliphatic hydroxyl groups is 1. The monoisotopic (exact) mass is 249 g/mol. The van der Waals surface area contributed by atoms with Gasteiger partial charge in [-0.05, 0) is 24.6 Å². The van der Waals surface area contributed by atoms with E-state index in [0.717, 1.165) is 12.1 Å². The first-order valence-corrected chi connectivity index (χ1v) is 6.14. The van der Waals surface area contributed by atoms with Crippen molar-refractivity contribution in [1.29, 1.82) is 0 Å². The van der Waals surface area contributed by atoms with Crippen LogP contribution in [0, 0.1) is 0 Å². The van der Waals surface area contributed by atoms with Gasteiger partial charge in [-0.3, -0.25) is 14.7 Å². The van der Waals surface area contributed by atoms with Gasteiger partial charge in [0.15, 0.2) is 0 Å². The highest BCUT2D eigenvalue weighted by atomic mass is 16.3. The number of aliphatic hydroxyl groups excluding tert-OH is 1. The van der Waals surface area contributed by atoms with Crippen molar-refractivity contribution in [3.05, 3.63) is 30.1 Å². The van der Waals surface area contributed by atoms with Gasteiger partial charge >= 0.3 is 0 Å². The van der Waals surface area contributed by atoms with E-state index in [1.165, 1.54) is 0 Å². The molecule has 1 amide bonds. The predicted octanol–water partition coefficient (Wildman–Crippen LogP) is 0.105. The number of carbonyl (C=O) groups is 1. The Hall–Kier alpha value is -1.46. The Kier molecular flexibility index (Phi) is 3.93. The number of piperazine rings is 1. The molecule has 1 aromatic rings. The van der Waals surface area contributed by atoms with Gasteiger partial charge in [0.2, 0.25) is 5.91 Å². The first kappa shape index (κ1) is 13.0. The molecule has 98 valence electrons. The summed E-state index contributed by atoms with van der Waals surface area (Å²) in [5.74, 6) is -0.00898. The van der Waals surface area contributed by atoms with Gasteiger partial charge in [0.25, 0.3) is 0 Å². The minimum atomic E-state index is -0.431. The Morgan fingerprint density at radius 2 is 2.11 bits per heavy atom. The van der Waals surface area contributed by atoms with Gasteiger partial charge in [0.1, 0.15) is 6.04 Å². The molecule has 2 unspecified atom stereocenters. The number of likely N-dealkylation sites (N-methyl/N-ethyl adjacent to an activating group) is 1. The van der Waals surface area contributed by atoms with Crippen molar-refractivity contribution >= 4 is 5.91 Å². The van der Waals surface area contributed by atoms with Crippen molar-refractivity contribution in [3.8, 4) is 0 Å². The summed E-state index contributed by atoms with van der Waals surface area (Å²) in [5.41, 5.74) is 1.10. The summed E-state index contributed by atoms with van der Waals surface area (Å²) >= 11 is 0. The lowest BCUT2D eigenvalue weighted by Crippen LogP contribution is -2.60. The van der Waals surface area contributed by atoms with E-state index in [1.807, 2.05) is 24.0 Å². The summed E-state index contributed by atoms with van der Waals surface area (Å²) < 4.78 is 0. The molecule has 18 heavy (non-hydrogen) atoms. The second kappa shape index (κ2) is 5.46. The average molecular weight is 249 g/mol. The third kappa shape index (κ3) is 2.52. The van der Waals surface area contributed by atoms with E-state index in [1.54, 1.807) is 24.3 Å². The van der Waals surface area contributed by atoms with Crippen LogP contribution in [0.2, 0.25) is 0 Å². The van der Waals surface area contributed by atoms with E-state index in [4.69, 9.17) is 0 Å². The van der Waals surface area contributed by atoms with E-state index in [2.05, 4.69) is 4.98 Å². The van der Waals surface area contributed by atoms with Crippen LogP contribution in [-0.2, 0) is 11.3 Å². The van der Waals surface area contributed by atoms with Gasteiger partial charge in [-0.1, -0.05) is 0 Å². The molecule has 0 aliphatic carbocycles. The van der Waals surface area contributed by atoms with Crippen molar-refractivity contribution in [2.24, 2.45) is 0 Å². The van der Waals surface area contributed by atoms with Gasteiger partial charge in [0, 0.05) is 38.6 Å². The number of hydrogen-bond acceptors (Lipinski definition) is 4. The van der Waals surface area contributed by atoms with Gasteiger partial charge in [-0.25, -0.2) is 0 Å².